The third-order valence-corrected chi connectivity index (χ3v) is 10.1. The predicted octanol–water partition coefficient (Wildman–Crippen LogP) is 11.2. The van der Waals surface area contributed by atoms with Gasteiger partial charge in [-0.2, -0.15) is 0 Å². The summed E-state index contributed by atoms with van der Waals surface area (Å²) in [6.45, 7) is 2.09. The number of allylic oxidation sites excluding steroid dienone is 6. The highest BCUT2D eigenvalue weighted by atomic mass is 31.2. The maximum Gasteiger partial charge on any atom is 0.472 e. The second-order valence-electron chi connectivity index (χ2n) is 14.3. The number of ether oxygens (including phenoxy) is 2. The molecule has 0 spiro atoms. The number of phosphoric acid groups is 1. The molecular formula is C43H79O10P. The molecule has 0 saturated carbocycles. The number of phosphoric ester groups is 1. The van der Waals surface area contributed by atoms with Crippen LogP contribution in [-0.2, 0) is 32.7 Å². The molecule has 0 bridgehead atoms. The van der Waals surface area contributed by atoms with Gasteiger partial charge in [0.15, 0.2) is 0 Å². The molecule has 54 heavy (non-hydrogen) atoms. The summed E-state index contributed by atoms with van der Waals surface area (Å²) < 4.78 is 32.5. The van der Waals surface area contributed by atoms with Gasteiger partial charge in [-0.1, -0.05) is 166 Å². The number of rotatable bonds is 40. The summed E-state index contributed by atoms with van der Waals surface area (Å²) in [6, 6.07) is 0. The van der Waals surface area contributed by atoms with Crippen LogP contribution in [0.25, 0.3) is 0 Å². The number of hydrogen-bond donors (Lipinski definition) is 3. The maximum absolute atomic E-state index is 12.4. The Hall–Kier alpha value is -1.81. The van der Waals surface area contributed by atoms with Crippen molar-refractivity contribution in [1.82, 2.24) is 0 Å². The molecule has 3 N–H and O–H groups in total. The summed E-state index contributed by atoms with van der Waals surface area (Å²) in [5.41, 5.74) is 0. The van der Waals surface area contributed by atoms with Crippen LogP contribution in [0.15, 0.2) is 36.5 Å². The summed E-state index contributed by atoms with van der Waals surface area (Å²) in [6.07, 6.45) is 39.7. The van der Waals surface area contributed by atoms with Gasteiger partial charge in [0, 0.05) is 12.8 Å². The van der Waals surface area contributed by atoms with E-state index < -0.39 is 58.4 Å². The summed E-state index contributed by atoms with van der Waals surface area (Å²) in [5.74, 6) is -1.02. The number of carbonyl (C=O) groups is 2. The number of unbranched alkanes of at least 4 members (excludes halogenated alkanes) is 20. The van der Waals surface area contributed by atoms with Gasteiger partial charge in [0.1, 0.15) is 12.2 Å². The van der Waals surface area contributed by atoms with E-state index in [9.17, 15) is 29.3 Å². The maximum atomic E-state index is 12.4. The minimum Gasteiger partial charge on any atom is -0.457 e. The summed E-state index contributed by atoms with van der Waals surface area (Å²) >= 11 is 0. The van der Waals surface area contributed by atoms with Gasteiger partial charge in [0.05, 0.1) is 26.4 Å². The summed E-state index contributed by atoms with van der Waals surface area (Å²) in [7, 11) is -4.63. The standard InChI is InChI=1S/C43H79O10P/c1-3-5-7-9-11-13-15-17-19-20-21-23-25-27-29-31-33-35-43(47)53-41(37-45)39-51-54(48,49)50-38-40(36-44)52-42(46)34-32-30-28-26-24-22-18-16-14-12-10-8-6-4-2/h5,7,11,13,17,19,40-41,44-45H,3-4,6,8-10,12,14-16,18,20-39H2,1-2H3,(H,48,49)/b7-5-,13-11-,19-17-. The quantitative estimate of drug-likeness (QED) is 0.0237. The van der Waals surface area contributed by atoms with E-state index in [-0.39, 0.29) is 12.8 Å². The molecule has 0 aliphatic carbocycles. The normalized spacial score (nSPS) is 14.2. The van der Waals surface area contributed by atoms with Crippen LogP contribution in [0.1, 0.15) is 187 Å². The van der Waals surface area contributed by atoms with E-state index in [1.54, 1.807) is 0 Å². The second-order valence-corrected chi connectivity index (χ2v) is 15.8. The number of carbonyl (C=O) groups excluding carboxylic acids is 2. The summed E-state index contributed by atoms with van der Waals surface area (Å²) in [4.78, 5) is 34.5. The number of hydrogen-bond acceptors (Lipinski definition) is 9. The highest BCUT2D eigenvalue weighted by Gasteiger charge is 2.27. The van der Waals surface area contributed by atoms with Crippen LogP contribution < -0.4 is 0 Å². The first-order valence-corrected chi connectivity index (χ1v) is 22.9. The molecule has 0 aromatic rings. The lowest BCUT2D eigenvalue weighted by Crippen LogP contribution is -2.28. The van der Waals surface area contributed by atoms with Crippen LogP contribution >= 0.6 is 7.82 Å². The molecule has 3 atom stereocenters. The van der Waals surface area contributed by atoms with Gasteiger partial charge in [-0.3, -0.25) is 18.6 Å². The number of aliphatic hydroxyl groups is 2. The number of aliphatic hydroxyl groups excluding tert-OH is 2. The Balaban J connectivity index is 3.93. The van der Waals surface area contributed by atoms with E-state index in [0.717, 1.165) is 70.6 Å². The van der Waals surface area contributed by atoms with Crippen LogP contribution in [0.4, 0.5) is 0 Å². The van der Waals surface area contributed by atoms with Crippen molar-refractivity contribution in [2.75, 3.05) is 26.4 Å². The third kappa shape index (κ3) is 37.1. The lowest BCUT2D eigenvalue weighted by molar-refractivity contribution is -0.153. The van der Waals surface area contributed by atoms with E-state index in [0.29, 0.717) is 12.8 Å². The van der Waals surface area contributed by atoms with E-state index in [1.165, 1.54) is 77.0 Å². The largest absolute Gasteiger partial charge is 0.472 e. The van der Waals surface area contributed by atoms with Gasteiger partial charge in [-0.05, 0) is 44.9 Å². The first kappa shape index (κ1) is 52.2. The highest BCUT2D eigenvalue weighted by molar-refractivity contribution is 7.47. The van der Waals surface area contributed by atoms with Gasteiger partial charge >= 0.3 is 19.8 Å². The molecule has 0 aliphatic heterocycles. The lowest BCUT2D eigenvalue weighted by Gasteiger charge is -2.20. The van der Waals surface area contributed by atoms with Crippen LogP contribution in [0.3, 0.4) is 0 Å². The Morgan fingerprint density at radius 1 is 0.519 bits per heavy atom. The molecule has 0 aromatic carbocycles. The highest BCUT2D eigenvalue weighted by Crippen LogP contribution is 2.43. The Morgan fingerprint density at radius 3 is 1.26 bits per heavy atom. The minimum atomic E-state index is -4.63. The molecule has 0 saturated heterocycles. The SMILES string of the molecule is CC/C=C\C/C=C\C/C=C\CCCCCCCCCC(=O)OC(CO)COP(=O)(O)OCC(CO)OC(=O)CCCCCCCCCCCCCCCC. The van der Waals surface area contributed by atoms with E-state index in [2.05, 4.69) is 50.3 Å². The topological polar surface area (TPSA) is 149 Å². The van der Waals surface area contributed by atoms with Crippen LogP contribution in [0, 0.1) is 0 Å². The van der Waals surface area contributed by atoms with Crippen molar-refractivity contribution in [3.05, 3.63) is 36.5 Å². The van der Waals surface area contributed by atoms with Crippen LogP contribution in [0.5, 0.6) is 0 Å². The molecule has 0 amide bonds. The predicted molar refractivity (Wildman–Crippen MR) is 219 cm³/mol. The number of esters is 2. The van der Waals surface area contributed by atoms with Crippen molar-refractivity contribution in [2.45, 2.75) is 199 Å². The van der Waals surface area contributed by atoms with Gasteiger partial charge < -0.3 is 24.6 Å². The minimum absolute atomic E-state index is 0.181. The third-order valence-electron chi connectivity index (χ3n) is 9.12. The summed E-state index contributed by atoms with van der Waals surface area (Å²) in [5, 5.41) is 19.1. The average molecular weight is 787 g/mol. The fourth-order valence-corrected chi connectivity index (χ4v) is 6.62. The molecule has 0 aliphatic rings. The van der Waals surface area contributed by atoms with Crippen molar-refractivity contribution in [3.63, 3.8) is 0 Å². The van der Waals surface area contributed by atoms with Crippen molar-refractivity contribution in [1.29, 1.82) is 0 Å². The Labute approximate surface area is 329 Å². The molecule has 10 nitrogen and oxygen atoms in total. The average Bonchev–Trinajstić information content (AvgIpc) is 3.16. The van der Waals surface area contributed by atoms with Gasteiger partial charge in [0.2, 0.25) is 0 Å². The molecule has 3 unspecified atom stereocenters. The molecule has 0 heterocycles. The zero-order chi connectivity index (χ0) is 39.8. The Kier molecular flexibility index (Phi) is 38.1. The van der Waals surface area contributed by atoms with Crippen molar-refractivity contribution in [2.24, 2.45) is 0 Å². The second kappa shape index (κ2) is 39.4. The van der Waals surface area contributed by atoms with Gasteiger partial charge in [-0.15, -0.1) is 0 Å². The Bertz CT molecular complexity index is 999. The van der Waals surface area contributed by atoms with Crippen molar-refractivity contribution < 1.29 is 47.8 Å². The van der Waals surface area contributed by atoms with Crippen molar-refractivity contribution >= 4 is 19.8 Å². The monoisotopic (exact) mass is 787 g/mol. The van der Waals surface area contributed by atoms with Crippen LogP contribution in [0.2, 0.25) is 0 Å². The molecule has 0 aromatic heterocycles. The van der Waals surface area contributed by atoms with Crippen LogP contribution in [-0.4, -0.2) is 65.7 Å². The lowest BCUT2D eigenvalue weighted by atomic mass is 10.0. The van der Waals surface area contributed by atoms with E-state index in [4.69, 9.17) is 18.5 Å². The van der Waals surface area contributed by atoms with Gasteiger partial charge in [-0.25, -0.2) is 4.57 Å². The first-order valence-electron chi connectivity index (χ1n) is 21.4. The molecule has 11 heteroatoms. The Morgan fingerprint density at radius 2 is 0.870 bits per heavy atom. The van der Waals surface area contributed by atoms with Gasteiger partial charge in [0.25, 0.3) is 0 Å². The first-order chi connectivity index (χ1) is 26.3. The molecule has 0 fully saturated rings. The zero-order valence-corrected chi connectivity index (χ0v) is 35.1. The van der Waals surface area contributed by atoms with E-state index >= 15 is 0 Å². The zero-order valence-electron chi connectivity index (χ0n) is 34.2. The molecule has 0 rings (SSSR count). The smallest absolute Gasteiger partial charge is 0.457 e. The molecular weight excluding hydrogens is 707 g/mol. The molecule has 316 valence electrons. The fourth-order valence-electron chi connectivity index (χ4n) is 5.84. The van der Waals surface area contributed by atoms with E-state index in [1.807, 2.05) is 0 Å². The van der Waals surface area contributed by atoms with Crippen molar-refractivity contribution in [3.8, 4) is 0 Å². The molecule has 0 radical (unpaired) electrons. The fraction of sp³-hybridized carbons (Fsp3) is 0.814.